The van der Waals surface area contributed by atoms with Gasteiger partial charge >= 0.3 is 12.0 Å². The number of aromatic carboxylic acids is 1. The Labute approximate surface area is 130 Å². The fourth-order valence-corrected chi connectivity index (χ4v) is 1.98. The molecule has 1 aliphatic heterocycles. The Morgan fingerprint density at radius 1 is 1.17 bits per heavy atom. The van der Waals surface area contributed by atoms with E-state index in [1.807, 2.05) is 0 Å². The highest BCUT2D eigenvalue weighted by molar-refractivity contribution is 5.95. The van der Waals surface area contributed by atoms with Gasteiger partial charge in [-0.05, 0) is 12.1 Å². The van der Waals surface area contributed by atoms with Crippen molar-refractivity contribution < 1.29 is 33.6 Å². The van der Waals surface area contributed by atoms with E-state index in [4.69, 9.17) is 23.7 Å². The summed E-state index contributed by atoms with van der Waals surface area (Å²) in [4.78, 5) is 19.5. The van der Waals surface area contributed by atoms with Crippen LogP contribution in [0.5, 0.6) is 35.0 Å². The Hall–Kier alpha value is -3.23. The lowest BCUT2D eigenvalue weighted by Gasteiger charge is -2.10. The minimum Gasteiger partial charge on any atom is -0.481 e. The van der Waals surface area contributed by atoms with Crippen molar-refractivity contribution in [2.24, 2.45) is 0 Å². The highest BCUT2D eigenvalue weighted by atomic mass is 16.7. The van der Waals surface area contributed by atoms with Gasteiger partial charge in [-0.15, -0.1) is 0 Å². The molecule has 0 aliphatic carbocycles. The minimum atomic E-state index is -1.22. The third-order valence-electron chi connectivity index (χ3n) is 2.99. The van der Waals surface area contributed by atoms with Crippen LogP contribution in [-0.4, -0.2) is 42.1 Å². The summed E-state index contributed by atoms with van der Waals surface area (Å²) in [6.07, 6.45) is 0. The second-order valence-electron chi connectivity index (χ2n) is 4.31. The molecule has 0 spiro atoms. The number of carboxylic acid groups (broad SMARTS) is 1. The molecule has 9 heteroatoms. The third kappa shape index (κ3) is 2.76. The minimum absolute atomic E-state index is 0.0112. The molecule has 0 fully saturated rings. The number of carbonyl (C=O) groups is 1. The summed E-state index contributed by atoms with van der Waals surface area (Å²) in [5.41, 5.74) is -0.176. The first-order valence-corrected chi connectivity index (χ1v) is 6.43. The number of benzene rings is 1. The molecule has 1 aromatic carbocycles. The SMILES string of the molecule is COc1cc(OC)nc(Oc2ccc3c(c2C(=O)O)OCO3)n1. The quantitative estimate of drug-likeness (QED) is 0.880. The molecule has 0 unspecified atom stereocenters. The number of ether oxygens (including phenoxy) is 5. The van der Waals surface area contributed by atoms with Crippen LogP contribution in [0.4, 0.5) is 0 Å². The van der Waals surface area contributed by atoms with Crippen LogP contribution in [0, 0.1) is 0 Å². The number of carboxylic acids is 1. The molecule has 3 rings (SSSR count). The van der Waals surface area contributed by atoms with Gasteiger partial charge in [-0.25, -0.2) is 4.79 Å². The summed E-state index contributed by atoms with van der Waals surface area (Å²) < 4.78 is 25.9. The predicted octanol–water partition coefficient (Wildman–Crippen LogP) is 1.71. The van der Waals surface area contributed by atoms with E-state index in [2.05, 4.69) is 9.97 Å². The van der Waals surface area contributed by atoms with Gasteiger partial charge in [0.05, 0.1) is 20.3 Å². The Morgan fingerprint density at radius 2 is 1.87 bits per heavy atom. The molecular weight excluding hydrogens is 308 g/mol. The Balaban J connectivity index is 2.02. The lowest BCUT2D eigenvalue weighted by Crippen LogP contribution is -2.04. The number of rotatable bonds is 5. The van der Waals surface area contributed by atoms with E-state index in [0.717, 1.165) is 0 Å². The van der Waals surface area contributed by atoms with Crippen molar-refractivity contribution in [3.63, 3.8) is 0 Å². The van der Waals surface area contributed by atoms with Gasteiger partial charge in [-0.2, -0.15) is 9.97 Å². The normalized spacial score (nSPS) is 11.9. The van der Waals surface area contributed by atoms with Gasteiger partial charge in [0.2, 0.25) is 18.6 Å². The van der Waals surface area contributed by atoms with Crippen molar-refractivity contribution in [1.29, 1.82) is 0 Å². The molecule has 2 aromatic rings. The highest BCUT2D eigenvalue weighted by Gasteiger charge is 2.27. The molecule has 0 atom stereocenters. The van der Waals surface area contributed by atoms with Crippen molar-refractivity contribution in [2.45, 2.75) is 0 Å². The number of aromatic nitrogens is 2. The molecule has 0 radical (unpaired) electrons. The average Bonchev–Trinajstić information content (AvgIpc) is 3.02. The maximum absolute atomic E-state index is 11.5. The summed E-state index contributed by atoms with van der Waals surface area (Å²) in [5, 5.41) is 9.40. The highest BCUT2D eigenvalue weighted by Crippen LogP contribution is 2.41. The number of fused-ring (bicyclic) bond motifs is 1. The van der Waals surface area contributed by atoms with Crippen LogP contribution in [0.3, 0.4) is 0 Å². The van der Waals surface area contributed by atoms with Crippen LogP contribution in [-0.2, 0) is 0 Å². The molecule has 1 aliphatic rings. The topological polar surface area (TPSA) is 109 Å². The van der Waals surface area contributed by atoms with Gasteiger partial charge in [0.1, 0.15) is 11.3 Å². The first kappa shape index (κ1) is 14.7. The van der Waals surface area contributed by atoms with Gasteiger partial charge in [0, 0.05) is 0 Å². The maximum Gasteiger partial charge on any atom is 0.343 e. The summed E-state index contributed by atoms with van der Waals surface area (Å²) in [6.45, 7) is -0.0530. The lowest BCUT2D eigenvalue weighted by molar-refractivity contribution is 0.0689. The zero-order valence-electron chi connectivity index (χ0n) is 12.2. The molecule has 120 valence electrons. The summed E-state index contributed by atoms with van der Waals surface area (Å²) in [6, 6.07) is 4.32. The van der Waals surface area contributed by atoms with E-state index in [1.165, 1.54) is 26.4 Å². The molecule has 1 N–H and O–H groups in total. The molecule has 0 saturated heterocycles. The summed E-state index contributed by atoms with van der Waals surface area (Å²) >= 11 is 0. The van der Waals surface area contributed by atoms with Gasteiger partial charge < -0.3 is 28.8 Å². The van der Waals surface area contributed by atoms with Crippen LogP contribution in [0.1, 0.15) is 10.4 Å². The van der Waals surface area contributed by atoms with E-state index in [1.54, 1.807) is 6.07 Å². The standard InChI is InChI=1S/C14H12N2O7/c1-19-9-5-10(20-2)16-14(15-9)23-7-3-4-8-12(22-6-21-8)11(7)13(17)18/h3-5H,6H2,1-2H3,(H,17,18). The number of hydrogen-bond donors (Lipinski definition) is 1. The molecule has 0 saturated carbocycles. The Kier molecular flexibility index (Phi) is 3.75. The van der Waals surface area contributed by atoms with Gasteiger partial charge in [0.25, 0.3) is 0 Å². The fraction of sp³-hybridized carbons (Fsp3) is 0.214. The average molecular weight is 320 g/mol. The molecular formula is C14H12N2O7. The lowest BCUT2D eigenvalue weighted by atomic mass is 10.1. The van der Waals surface area contributed by atoms with Crippen molar-refractivity contribution >= 4 is 5.97 Å². The van der Waals surface area contributed by atoms with E-state index in [9.17, 15) is 9.90 Å². The van der Waals surface area contributed by atoms with Crippen molar-refractivity contribution in [3.05, 3.63) is 23.8 Å². The largest absolute Gasteiger partial charge is 0.481 e. The Morgan fingerprint density at radius 3 is 2.48 bits per heavy atom. The van der Waals surface area contributed by atoms with Crippen LogP contribution in [0.15, 0.2) is 18.2 Å². The number of nitrogens with zero attached hydrogens (tertiary/aromatic N) is 2. The van der Waals surface area contributed by atoms with Gasteiger partial charge in [-0.1, -0.05) is 0 Å². The van der Waals surface area contributed by atoms with E-state index in [-0.39, 0.29) is 41.6 Å². The zero-order chi connectivity index (χ0) is 16.4. The maximum atomic E-state index is 11.5. The second-order valence-corrected chi connectivity index (χ2v) is 4.31. The zero-order valence-corrected chi connectivity index (χ0v) is 12.2. The second kappa shape index (κ2) is 5.87. The van der Waals surface area contributed by atoms with Crippen molar-refractivity contribution in [2.75, 3.05) is 21.0 Å². The van der Waals surface area contributed by atoms with Crippen LogP contribution < -0.4 is 23.7 Å². The summed E-state index contributed by atoms with van der Waals surface area (Å²) in [5.74, 6) is -0.355. The van der Waals surface area contributed by atoms with E-state index >= 15 is 0 Å². The van der Waals surface area contributed by atoms with Crippen LogP contribution >= 0.6 is 0 Å². The third-order valence-corrected chi connectivity index (χ3v) is 2.99. The van der Waals surface area contributed by atoms with Crippen molar-refractivity contribution in [3.8, 4) is 35.0 Å². The summed E-state index contributed by atoms with van der Waals surface area (Å²) in [7, 11) is 2.85. The molecule has 0 amide bonds. The molecule has 9 nitrogen and oxygen atoms in total. The first-order valence-electron chi connectivity index (χ1n) is 6.43. The molecule has 2 heterocycles. The van der Waals surface area contributed by atoms with Gasteiger partial charge in [-0.3, -0.25) is 0 Å². The van der Waals surface area contributed by atoms with Crippen LogP contribution in [0.25, 0.3) is 0 Å². The van der Waals surface area contributed by atoms with E-state index in [0.29, 0.717) is 5.75 Å². The molecule has 1 aromatic heterocycles. The first-order chi connectivity index (χ1) is 11.1. The smallest absolute Gasteiger partial charge is 0.343 e. The number of hydrogen-bond acceptors (Lipinski definition) is 8. The molecule has 23 heavy (non-hydrogen) atoms. The monoisotopic (exact) mass is 320 g/mol. The predicted molar refractivity (Wildman–Crippen MR) is 74.7 cm³/mol. The van der Waals surface area contributed by atoms with E-state index < -0.39 is 5.97 Å². The Bertz CT molecular complexity index is 741. The van der Waals surface area contributed by atoms with Crippen LogP contribution in [0.2, 0.25) is 0 Å². The number of methoxy groups -OCH3 is 2. The molecule has 0 bridgehead atoms. The fourth-order valence-electron chi connectivity index (χ4n) is 1.98. The van der Waals surface area contributed by atoms with Crippen molar-refractivity contribution in [1.82, 2.24) is 9.97 Å². The van der Waals surface area contributed by atoms with Gasteiger partial charge in [0.15, 0.2) is 11.5 Å².